The van der Waals surface area contributed by atoms with E-state index in [1.165, 1.54) is 11.9 Å². The molecule has 0 aromatic carbocycles. The summed E-state index contributed by atoms with van der Waals surface area (Å²) in [7, 11) is 1.52. The summed E-state index contributed by atoms with van der Waals surface area (Å²) < 4.78 is 39.7. The van der Waals surface area contributed by atoms with Gasteiger partial charge >= 0.3 is 12.3 Å². The Balaban J connectivity index is 2.34. The molecule has 8 heteroatoms. The average Bonchev–Trinajstić information content (AvgIpc) is 2.34. The SMILES string of the molecule is CNC(=O)C1CCN(C(=O)OCC(F)(F)F)CC1. The molecule has 0 saturated carbocycles. The number of rotatable bonds is 2. The van der Waals surface area contributed by atoms with Gasteiger partial charge in [0.1, 0.15) is 0 Å². The number of hydrogen-bond donors (Lipinski definition) is 1. The fraction of sp³-hybridized carbons (Fsp3) is 0.800. The minimum absolute atomic E-state index is 0.113. The van der Waals surface area contributed by atoms with Crippen molar-refractivity contribution in [3.8, 4) is 0 Å². The van der Waals surface area contributed by atoms with Gasteiger partial charge < -0.3 is 15.0 Å². The third-order valence-electron chi connectivity index (χ3n) is 2.73. The van der Waals surface area contributed by atoms with Gasteiger partial charge in [0.15, 0.2) is 6.61 Å². The number of amides is 2. The van der Waals surface area contributed by atoms with E-state index in [-0.39, 0.29) is 24.9 Å². The highest BCUT2D eigenvalue weighted by molar-refractivity contribution is 5.78. The number of alkyl halides is 3. The molecule has 0 spiro atoms. The fourth-order valence-corrected chi connectivity index (χ4v) is 1.76. The molecule has 2 amide bonds. The second-order valence-corrected chi connectivity index (χ2v) is 4.05. The molecule has 1 aliphatic rings. The quantitative estimate of drug-likeness (QED) is 0.817. The molecule has 1 rings (SSSR count). The van der Waals surface area contributed by atoms with Gasteiger partial charge in [-0.1, -0.05) is 0 Å². The largest absolute Gasteiger partial charge is 0.440 e. The van der Waals surface area contributed by atoms with Crippen molar-refractivity contribution in [1.82, 2.24) is 10.2 Å². The molecule has 0 radical (unpaired) electrons. The summed E-state index contributed by atoms with van der Waals surface area (Å²) in [6.45, 7) is -1.12. The number of hydrogen-bond acceptors (Lipinski definition) is 3. The maximum Gasteiger partial charge on any atom is 0.422 e. The summed E-state index contributed by atoms with van der Waals surface area (Å²) in [5, 5.41) is 2.50. The van der Waals surface area contributed by atoms with E-state index in [0.717, 1.165) is 0 Å². The lowest BCUT2D eigenvalue weighted by atomic mass is 9.96. The first-order chi connectivity index (χ1) is 8.33. The van der Waals surface area contributed by atoms with Crippen molar-refractivity contribution in [3.05, 3.63) is 0 Å². The Kier molecular flexibility index (Phi) is 4.80. The van der Waals surface area contributed by atoms with E-state index < -0.39 is 18.9 Å². The van der Waals surface area contributed by atoms with E-state index >= 15 is 0 Å². The minimum atomic E-state index is -4.52. The predicted octanol–water partition coefficient (Wildman–Crippen LogP) is 1.14. The first-order valence-corrected chi connectivity index (χ1v) is 5.53. The monoisotopic (exact) mass is 268 g/mol. The maximum atomic E-state index is 11.8. The molecule has 18 heavy (non-hydrogen) atoms. The maximum absolute atomic E-state index is 11.8. The molecule has 1 N–H and O–H groups in total. The second-order valence-electron chi connectivity index (χ2n) is 4.05. The highest BCUT2D eigenvalue weighted by Gasteiger charge is 2.32. The first-order valence-electron chi connectivity index (χ1n) is 5.53. The van der Waals surface area contributed by atoms with Gasteiger partial charge in [0, 0.05) is 26.1 Å². The smallest absolute Gasteiger partial charge is 0.422 e. The van der Waals surface area contributed by atoms with Crippen LogP contribution in [0.3, 0.4) is 0 Å². The van der Waals surface area contributed by atoms with Crippen LogP contribution in [0.25, 0.3) is 0 Å². The topological polar surface area (TPSA) is 58.6 Å². The van der Waals surface area contributed by atoms with Crippen LogP contribution in [-0.4, -0.2) is 49.8 Å². The number of nitrogens with one attached hydrogen (secondary N) is 1. The predicted molar refractivity (Wildman–Crippen MR) is 55.8 cm³/mol. The molecule has 0 aromatic rings. The van der Waals surface area contributed by atoms with Gasteiger partial charge in [-0.3, -0.25) is 4.79 Å². The fourth-order valence-electron chi connectivity index (χ4n) is 1.76. The lowest BCUT2D eigenvalue weighted by Gasteiger charge is -2.30. The lowest BCUT2D eigenvalue weighted by molar-refractivity contribution is -0.162. The number of likely N-dealkylation sites (tertiary alicyclic amines) is 1. The van der Waals surface area contributed by atoms with Crippen molar-refractivity contribution < 1.29 is 27.5 Å². The third-order valence-corrected chi connectivity index (χ3v) is 2.73. The van der Waals surface area contributed by atoms with Gasteiger partial charge in [0.05, 0.1) is 0 Å². The standard InChI is InChI=1S/C10H15F3N2O3/c1-14-8(16)7-2-4-15(5-3-7)9(17)18-6-10(11,12)13/h7H,2-6H2,1H3,(H,14,16). The Bertz CT molecular complexity index is 312. The van der Waals surface area contributed by atoms with Crippen LogP contribution in [-0.2, 0) is 9.53 Å². The number of piperidine rings is 1. The van der Waals surface area contributed by atoms with E-state index in [1.54, 1.807) is 0 Å². The summed E-state index contributed by atoms with van der Waals surface area (Å²) >= 11 is 0. The molecule has 1 saturated heterocycles. The zero-order valence-electron chi connectivity index (χ0n) is 9.92. The van der Waals surface area contributed by atoms with Crippen molar-refractivity contribution in [2.24, 2.45) is 5.92 Å². The van der Waals surface area contributed by atoms with Gasteiger partial charge in [-0.2, -0.15) is 13.2 Å². The molecule has 0 unspecified atom stereocenters. The first kappa shape index (κ1) is 14.6. The van der Waals surface area contributed by atoms with Crippen LogP contribution in [0.1, 0.15) is 12.8 Å². The molecule has 0 bridgehead atoms. The van der Waals surface area contributed by atoms with Crippen LogP contribution >= 0.6 is 0 Å². The van der Waals surface area contributed by atoms with Crippen LogP contribution in [0.2, 0.25) is 0 Å². The number of nitrogens with zero attached hydrogens (tertiary/aromatic N) is 1. The summed E-state index contributed by atoms with van der Waals surface area (Å²) in [6.07, 6.45) is -4.64. The number of halogens is 3. The van der Waals surface area contributed by atoms with Crippen LogP contribution in [0.15, 0.2) is 0 Å². The molecule has 0 aromatic heterocycles. The van der Waals surface area contributed by atoms with Gasteiger partial charge in [0.2, 0.25) is 5.91 Å². The Labute approximate surface area is 102 Å². The van der Waals surface area contributed by atoms with Crippen molar-refractivity contribution in [1.29, 1.82) is 0 Å². The Morgan fingerprint density at radius 2 is 1.89 bits per heavy atom. The highest BCUT2D eigenvalue weighted by Crippen LogP contribution is 2.19. The number of carbonyl (C=O) groups excluding carboxylic acids is 2. The minimum Gasteiger partial charge on any atom is -0.440 e. The van der Waals surface area contributed by atoms with Crippen LogP contribution < -0.4 is 5.32 Å². The Hall–Kier alpha value is -1.47. The van der Waals surface area contributed by atoms with E-state index in [2.05, 4.69) is 10.1 Å². The molecular weight excluding hydrogens is 253 g/mol. The van der Waals surface area contributed by atoms with Gasteiger partial charge in [-0.05, 0) is 12.8 Å². The Morgan fingerprint density at radius 3 is 2.33 bits per heavy atom. The van der Waals surface area contributed by atoms with E-state index in [4.69, 9.17) is 0 Å². The van der Waals surface area contributed by atoms with Crippen LogP contribution in [0.5, 0.6) is 0 Å². The molecular formula is C10H15F3N2O3. The lowest BCUT2D eigenvalue weighted by Crippen LogP contribution is -2.43. The van der Waals surface area contributed by atoms with Gasteiger partial charge in [-0.15, -0.1) is 0 Å². The van der Waals surface area contributed by atoms with Crippen LogP contribution in [0, 0.1) is 5.92 Å². The van der Waals surface area contributed by atoms with Crippen molar-refractivity contribution in [2.45, 2.75) is 19.0 Å². The highest BCUT2D eigenvalue weighted by atomic mass is 19.4. The number of ether oxygens (including phenoxy) is 1. The summed E-state index contributed by atoms with van der Waals surface area (Å²) in [6, 6.07) is 0. The summed E-state index contributed by atoms with van der Waals surface area (Å²) in [4.78, 5) is 23.8. The van der Waals surface area contributed by atoms with E-state index in [1.807, 2.05) is 0 Å². The molecule has 0 atom stereocenters. The number of carbonyl (C=O) groups is 2. The third kappa shape index (κ3) is 4.42. The van der Waals surface area contributed by atoms with Crippen molar-refractivity contribution >= 4 is 12.0 Å². The van der Waals surface area contributed by atoms with E-state index in [0.29, 0.717) is 12.8 Å². The molecule has 104 valence electrons. The normalized spacial score (nSPS) is 17.4. The van der Waals surface area contributed by atoms with Crippen LogP contribution in [0.4, 0.5) is 18.0 Å². The molecule has 0 aliphatic carbocycles. The molecule has 1 heterocycles. The zero-order chi connectivity index (χ0) is 13.8. The summed E-state index contributed by atoms with van der Waals surface area (Å²) in [5.41, 5.74) is 0. The molecule has 5 nitrogen and oxygen atoms in total. The van der Waals surface area contributed by atoms with E-state index in [9.17, 15) is 22.8 Å². The second kappa shape index (κ2) is 5.92. The molecule has 1 aliphatic heterocycles. The zero-order valence-corrected chi connectivity index (χ0v) is 9.92. The molecule has 1 fully saturated rings. The van der Waals surface area contributed by atoms with Crippen molar-refractivity contribution in [3.63, 3.8) is 0 Å². The van der Waals surface area contributed by atoms with Crippen molar-refractivity contribution in [2.75, 3.05) is 26.7 Å². The summed E-state index contributed by atoms with van der Waals surface area (Å²) in [5.74, 6) is -0.306. The van der Waals surface area contributed by atoms with Gasteiger partial charge in [0.25, 0.3) is 0 Å². The Morgan fingerprint density at radius 1 is 1.33 bits per heavy atom. The van der Waals surface area contributed by atoms with Gasteiger partial charge in [-0.25, -0.2) is 4.79 Å². The average molecular weight is 268 g/mol.